The quantitative estimate of drug-likeness (QED) is 0.664. The summed E-state index contributed by atoms with van der Waals surface area (Å²) in [5, 5.41) is 14.0. The molecule has 1 saturated heterocycles. The van der Waals surface area contributed by atoms with Crippen molar-refractivity contribution in [3.8, 4) is 0 Å². The van der Waals surface area contributed by atoms with Crippen LogP contribution >= 0.6 is 23.1 Å². The molecule has 0 bridgehead atoms. The van der Waals surface area contributed by atoms with Gasteiger partial charge in [0, 0.05) is 20.1 Å². The Bertz CT molecular complexity index is 821. The fourth-order valence-corrected chi connectivity index (χ4v) is 4.41. The van der Waals surface area contributed by atoms with Crippen LogP contribution in [0.1, 0.15) is 24.8 Å². The highest BCUT2D eigenvalue weighted by Crippen LogP contribution is 2.36. The highest BCUT2D eigenvalue weighted by atomic mass is 32.2. The number of amides is 1. The number of hydrogen-bond acceptors (Lipinski definition) is 7. The number of halogens is 3. The van der Waals surface area contributed by atoms with Crippen LogP contribution < -0.4 is 15.5 Å². The van der Waals surface area contributed by atoms with Gasteiger partial charge in [-0.1, -0.05) is 23.1 Å². The third kappa shape index (κ3) is 5.28. The second-order valence-electron chi connectivity index (χ2n) is 6.24. The SMILES string of the molecule is CNc1nnc(SCC(=O)Nc2cc(C(F)(F)F)ccc2N2CCCCC2)s1. The summed E-state index contributed by atoms with van der Waals surface area (Å²) in [6, 6.07) is 3.52. The lowest BCUT2D eigenvalue weighted by atomic mass is 10.1. The molecular weight excluding hydrogens is 411 g/mol. The van der Waals surface area contributed by atoms with Gasteiger partial charge in [-0.15, -0.1) is 10.2 Å². The number of nitrogens with one attached hydrogen (secondary N) is 2. The Balaban J connectivity index is 1.74. The van der Waals surface area contributed by atoms with Gasteiger partial charge in [-0.3, -0.25) is 4.79 Å². The fraction of sp³-hybridized carbons (Fsp3) is 0.471. The minimum Gasteiger partial charge on any atom is -0.370 e. The first-order valence-corrected chi connectivity index (χ1v) is 10.6. The third-order valence-electron chi connectivity index (χ3n) is 4.24. The van der Waals surface area contributed by atoms with Crippen LogP contribution in [-0.2, 0) is 11.0 Å². The molecule has 2 aromatic rings. The van der Waals surface area contributed by atoms with E-state index in [1.54, 1.807) is 7.05 Å². The Labute approximate surface area is 168 Å². The van der Waals surface area contributed by atoms with Crippen LogP contribution in [-0.4, -0.2) is 42.0 Å². The van der Waals surface area contributed by atoms with E-state index in [1.807, 2.05) is 4.90 Å². The normalized spacial score (nSPS) is 14.8. The van der Waals surface area contributed by atoms with Gasteiger partial charge in [0.05, 0.1) is 22.7 Å². The first-order valence-electron chi connectivity index (χ1n) is 8.77. The molecule has 3 rings (SSSR count). The van der Waals surface area contributed by atoms with Crippen LogP contribution in [0.15, 0.2) is 22.5 Å². The number of thioether (sulfide) groups is 1. The van der Waals surface area contributed by atoms with Gasteiger partial charge in [-0.2, -0.15) is 13.2 Å². The number of alkyl halides is 3. The summed E-state index contributed by atoms with van der Waals surface area (Å²) in [5.74, 6) is -0.350. The molecule has 0 aliphatic carbocycles. The fourth-order valence-electron chi connectivity index (χ4n) is 2.91. The van der Waals surface area contributed by atoms with Crippen molar-refractivity contribution in [1.82, 2.24) is 10.2 Å². The summed E-state index contributed by atoms with van der Waals surface area (Å²) in [4.78, 5) is 14.4. The molecule has 1 amide bonds. The maximum atomic E-state index is 13.1. The summed E-state index contributed by atoms with van der Waals surface area (Å²) >= 11 is 2.50. The Morgan fingerprint density at radius 1 is 1.25 bits per heavy atom. The van der Waals surface area contributed by atoms with Crippen molar-refractivity contribution in [3.05, 3.63) is 23.8 Å². The predicted octanol–water partition coefficient (Wildman–Crippen LogP) is 4.32. The predicted molar refractivity (Wildman–Crippen MR) is 106 cm³/mol. The molecule has 1 aromatic carbocycles. The van der Waals surface area contributed by atoms with E-state index in [2.05, 4.69) is 20.8 Å². The van der Waals surface area contributed by atoms with Crippen molar-refractivity contribution in [3.63, 3.8) is 0 Å². The second-order valence-corrected chi connectivity index (χ2v) is 8.44. The van der Waals surface area contributed by atoms with Crippen molar-refractivity contribution in [2.24, 2.45) is 0 Å². The molecule has 6 nitrogen and oxygen atoms in total. The Morgan fingerprint density at radius 3 is 2.64 bits per heavy atom. The van der Waals surface area contributed by atoms with Gasteiger partial charge in [0.15, 0.2) is 4.34 Å². The van der Waals surface area contributed by atoms with Crippen molar-refractivity contribution < 1.29 is 18.0 Å². The molecule has 1 aromatic heterocycles. The minimum absolute atomic E-state index is 0.0357. The number of piperidine rings is 1. The zero-order valence-corrected chi connectivity index (χ0v) is 16.8. The van der Waals surface area contributed by atoms with E-state index in [-0.39, 0.29) is 17.3 Å². The van der Waals surface area contributed by atoms with E-state index in [9.17, 15) is 18.0 Å². The molecule has 1 aliphatic rings. The number of hydrogen-bond donors (Lipinski definition) is 2. The first-order chi connectivity index (χ1) is 13.4. The maximum Gasteiger partial charge on any atom is 0.416 e. The number of rotatable bonds is 6. The summed E-state index contributed by atoms with van der Waals surface area (Å²) in [5.41, 5.74) is 0.0361. The smallest absolute Gasteiger partial charge is 0.370 e. The van der Waals surface area contributed by atoms with Crippen molar-refractivity contribution in [2.45, 2.75) is 29.8 Å². The lowest BCUT2D eigenvalue weighted by molar-refractivity contribution is -0.137. The van der Waals surface area contributed by atoms with Crippen molar-refractivity contribution in [2.75, 3.05) is 41.4 Å². The van der Waals surface area contributed by atoms with Gasteiger partial charge in [0.25, 0.3) is 0 Å². The molecule has 1 fully saturated rings. The molecule has 28 heavy (non-hydrogen) atoms. The molecule has 0 unspecified atom stereocenters. The number of carbonyl (C=O) groups is 1. The van der Waals surface area contributed by atoms with Crippen LogP contribution in [0, 0.1) is 0 Å². The van der Waals surface area contributed by atoms with E-state index in [1.165, 1.54) is 29.2 Å². The zero-order valence-electron chi connectivity index (χ0n) is 15.2. The number of aromatic nitrogens is 2. The van der Waals surface area contributed by atoms with E-state index in [0.29, 0.717) is 15.2 Å². The van der Waals surface area contributed by atoms with Crippen molar-refractivity contribution in [1.29, 1.82) is 0 Å². The Kier molecular flexibility index (Phi) is 6.65. The van der Waals surface area contributed by atoms with Gasteiger partial charge in [-0.05, 0) is 37.5 Å². The molecule has 1 aliphatic heterocycles. The standard InChI is InChI=1S/C17H20F3N5OS2/c1-21-15-23-24-16(28-15)27-10-14(26)22-12-9-11(17(18,19)20)5-6-13(12)25-7-3-2-4-8-25/h5-6,9H,2-4,7-8,10H2,1H3,(H,21,23)(H,22,26). The van der Waals surface area contributed by atoms with Crippen LogP contribution in [0.25, 0.3) is 0 Å². The van der Waals surface area contributed by atoms with E-state index >= 15 is 0 Å². The van der Waals surface area contributed by atoms with Gasteiger partial charge in [-0.25, -0.2) is 0 Å². The lowest BCUT2D eigenvalue weighted by Gasteiger charge is -2.31. The Hall–Kier alpha value is -2.01. The van der Waals surface area contributed by atoms with Gasteiger partial charge >= 0.3 is 6.18 Å². The number of nitrogens with zero attached hydrogens (tertiary/aromatic N) is 3. The first kappa shape index (κ1) is 20.7. The molecule has 11 heteroatoms. The molecule has 2 N–H and O–H groups in total. The largest absolute Gasteiger partial charge is 0.416 e. The Morgan fingerprint density at radius 2 is 2.00 bits per heavy atom. The summed E-state index contributed by atoms with van der Waals surface area (Å²) in [6.07, 6.45) is -1.40. The highest BCUT2D eigenvalue weighted by Gasteiger charge is 2.31. The van der Waals surface area contributed by atoms with Crippen LogP contribution in [0.4, 0.5) is 29.7 Å². The lowest BCUT2D eigenvalue weighted by Crippen LogP contribution is -2.30. The maximum absolute atomic E-state index is 13.1. The van der Waals surface area contributed by atoms with Crippen LogP contribution in [0.2, 0.25) is 0 Å². The van der Waals surface area contributed by atoms with Crippen LogP contribution in [0.5, 0.6) is 0 Å². The van der Waals surface area contributed by atoms with E-state index < -0.39 is 11.7 Å². The highest BCUT2D eigenvalue weighted by molar-refractivity contribution is 8.01. The van der Waals surface area contributed by atoms with Gasteiger partial charge < -0.3 is 15.5 Å². The minimum atomic E-state index is -4.47. The molecular formula is C17H20F3N5OS2. The monoisotopic (exact) mass is 431 g/mol. The summed E-state index contributed by atoms with van der Waals surface area (Å²) in [6.45, 7) is 1.53. The second kappa shape index (κ2) is 8.99. The average Bonchev–Trinajstić information content (AvgIpc) is 3.14. The van der Waals surface area contributed by atoms with Gasteiger partial charge in [0.1, 0.15) is 0 Å². The topological polar surface area (TPSA) is 70.1 Å². The molecule has 152 valence electrons. The average molecular weight is 432 g/mol. The zero-order chi connectivity index (χ0) is 20.1. The third-order valence-corrected chi connectivity index (χ3v) is 6.32. The number of carbonyl (C=O) groups excluding carboxylic acids is 1. The molecule has 0 radical (unpaired) electrons. The molecule has 0 atom stereocenters. The molecule has 0 saturated carbocycles. The van der Waals surface area contributed by atoms with Gasteiger partial charge in [0.2, 0.25) is 11.0 Å². The van der Waals surface area contributed by atoms with Crippen LogP contribution in [0.3, 0.4) is 0 Å². The van der Waals surface area contributed by atoms with E-state index in [4.69, 9.17) is 0 Å². The van der Waals surface area contributed by atoms with E-state index in [0.717, 1.165) is 44.5 Å². The molecule has 0 spiro atoms. The number of anilines is 3. The number of benzene rings is 1. The summed E-state index contributed by atoms with van der Waals surface area (Å²) in [7, 11) is 1.72. The van der Waals surface area contributed by atoms with Crippen molar-refractivity contribution >= 4 is 45.5 Å². The molecule has 2 heterocycles. The summed E-state index contributed by atoms with van der Waals surface area (Å²) < 4.78 is 40.0.